The third kappa shape index (κ3) is 4.71. The van der Waals surface area contributed by atoms with Crippen molar-refractivity contribution in [1.82, 2.24) is 0 Å². The zero-order valence-electron chi connectivity index (χ0n) is 14.4. The average Bonchev–Trinajstić information content (AvgIpc) is 2.94. The van der Waals surface area contributed by atoms with Crippen LogP contribution in [-0.4, -0.2) is 18.5 Å². The summed E-state index contributed by atoms with van der Waals surface area (Å²) < 4.78 is 10.1. The molecule has 0 aliphatic carbocycles. The van der Waals surface area contributed by atoms with Crippen LogP contribution in [0.2, 0.25) is 0 Å². The number of thiophene rings is 1. The SMILES string of the molecule is CCOC(=O)c1sc(N)c(C#N)c1COC(=O)/C=C/c1cccc(C)c1. The van der Waals surface area contributed by atoms with Crippen LogP contribution in [0.3, 0.4) is 0 Å². The van der Waals surface area contributed by atoms with E-state index in [1.807, 2.05) is 37.3 Å². The number of nitrogens with two attached hydrogens (primary N) is 1. The molecule has 0 unspecified atom stereocenters. The van der Waals surface area contributed by atoms with Crippen LogP contribution >= 0.6 is 11.3 Å². The number of hydrogen-bond donors (Lipinski definition) is 1. The van der Waals surface area contributed by atoms with Gasteiger partial charge in [-0.2, -0.15) is 5.26 Å². The van der Waals surface area contributed by atoms with Gasteiger partial charge in [-0.25, -0.2) is 9.59 Å². The average molecular weight is 370 g/mol. The van der Waals surface area contributed by atoms with E-state index in [2.05, 4.69) is 0 Å². The lowest BCUT2D eigenvalue weighted by Gasteiger charge is -2.05. The number of aryl methyl sites for hydroxylation is 1. The van der Waals surface area contributed by atoms with Gasteiger partial charge in [0.05, 0.1) is 12.2 Å². The van der Waals surface area contributed by atoms with Crippen molar-refractivity contribution in [2.75, 3.05) is 12.3 Å². The summed E-state index contributed by atoms with van der Waals surface area (Å²) in [5.74, 6) is -1.18. The number of ether oxygens (including phenoxy) is 2. The fourth-order valence-corrected chi connectivity index (χ4v) is 3.15. The number of rotatable bonds is 6. The van der Waals surface area contributed by atoms with Gasteiger partial charge < -0.3 is 15.2 Å². The van der Waals surface area contributed by atoms with Gasteiger partial charge >= 0.3 is 11.9 Å². The van der Waals surface area contributed by atoms with Crippen molar-refractivity contribution in [3.8, 4) is 6.07 Å². The van der Waals surface area contributed by atoms with E-state index in [1.165, 1.54) is 6.08 Å². The first-order chi connectivity index (χ1) is 12.5. The second-order valence-electron chi connectivity index (χ2n) is 5.34. The smallest absolute Gasteiger partial charge is 0.348 e. The van der Waals surface area contributed by atoms with Crippen molar-refractivity contribution < 1.29 is 19.1 Å². The summed E-state index contributed by atoms with van der Waals surface area (Å²) in [5, 5.41) is 9.43. The topological polar surface area (TPSA) is 102 Å². The molecular weight excluding hydrogens is 352 g/mol. The lowest BCUT2D eigenvalue weighted by Crippen LogP contribution is -2.08. The number of nitriles is 1. The third-order valence-corrected chi connectivity index (χ3v) is 4.46. The fourth-order valence-electron chi connectivity index (χ4n) is 2.24. The maximum atomic E-state index is 12.0. The summed E-state index contributed by atoms with van der Waals surface area (Å²) in [7, 11) is 0. The number of hydrogen-bond acceptors (Lipinski definition) is 7. The molecule has 1 aromatic carbocycles. The Balaban J connectivity index is 2.12. The molecule has 1 aromatic heterocycles. The van der Waals surface area contributed by atoms with Gasteiger partial charge in [-0.05, 0) is 25.5 Å². The normalized spacial score (nSPS) is 10.5. The van der Waals surface area contributed by atoms with E-state index in [-0.39, 0.29) is 34.2 Å². The van der Waals surface area contributed by atoms with E-state index in [1.54, 1.807) is 13.0 Å². The maximum Gasteiger partial charge on any atom is 0.348 e. The van der Waals surface area contributed by atoms with Gasteiger partial charge in [-0.3, -0.25) is 0 Å². The molecule has 0 saturated carbocycles. The molecule has 2 rings (SSSR count). The molecule has 0 radical (unpaired) electrons. The summed E-state index contributed by atoms with van der Waals surface area (Å²) in [4.78, 5) is 24.1. The van der Waals surface area contributed by atoms with E-state index in [0.717, 1.165) is 22.5 Å². The van der Waals surface area contributed by atoms with Gasteiger partial charge in [0.2, 0.25) is 0 Å². The Hall–Kier alpha value is -3.11. The molecule has 0 bridgehead atoms. The molecule has 0 fully saturated rings. The van der Waals surface area contributed by atoms with Crippen LogP contribution in [0.25, 0.3) is 6.08 Å². The number of nitrogen functional groups attached to an aromatic ring is 1. The molecule has 6 nitrogen and oxygen atoms in total. The minimum Gasteiger partial charge on any atom is -0.462 e. The Bertz CT molecular complexity index is 893. The number of carbonyl (C=O) groups excluding carboxylic acids is 2. The highest BCUT2D eigenvalue weighted by molar-refractivity contribution is 7.18. The number of nitrogens with zero attached hydrogens (tertiary/aromatic N) is 1. The molecular formula is C19H18N2O4S. The molecule has 0 aliphatic rings. The highest BCUT2D eigenvalue weighted by Gasteiger charge is 2.23. The minimum atomic E-state index is -0.591. The Morgan fingerprint density at radius 3 is 2.77 bits per heavy atom. The van der Waals surface area contributed by atoms with Gasteiger partial charge in [0.15, 0.2) is 0 Å². The zero-order chi connectivity index (χ0) is 19.1. The lowest BCUT2D eigenvalue weighted by molar-refractivity contribution is -0.138. The molecule has 0 aliphatic heterocycles. The van der Waals surface area contributed by atoms with Crippen molar-refractivity contribution >= 4 is 34.4 Å². The lowest BCUT2D eigenvalue weighted by atomic mass is 10.1. The van der Waals surface area contributed by atoms with Crippen LogP contribution in [0.5, 0.6) is 0 Å². The molecule has 0 spiro atoms. The standard InChI is InChI=1S/C19H18N2O4S/c1-3-24-19(23)17-15(14(10-20)18(21)26-17)11-25-16(22)8-7-13-6-4-5-12(2)9-13/h4-9H,3,11,21H2,1-2H3/b8-7+. The van der Waals surface area contributed by atoms with Crippen molar-refractivity contribution in [3.05, 3.63) is 57.5 Å². The highest BCUT2D eigenvalue weighted by Crippen LogP contribution is 2.31. The Labute approximate surface area is 155 Å². The molecule has 0 amide bonds. The molecule has 2 aromatic rings. The van der Waals surface area contributed by atoms with Crippen LogP contribution in [0, 0.1) is 18.3 Å². The van der Waals surface area contributed by atoms with Gasteiger partial charge in [0.25, 0.3) is 0 Å². The molecule has 26 heavy (non-hydrogen) atoms. The monoisotopic (exact) mass is 370 g/mol. The Morgan fingerprint density at radius 1 is 1.35 bits per heavy atom. The summed E-state index contributed by atoms with van der Waals surface area (Å²) in [6, 6.07) is 9.57. The maximum absolute atomic E-state index is 12.0. The predicted molar refractivity (Wildman–Crippen MR) is 99.4 cm³/mol. The summed E-state index contributed by atoms with van der Waals surface area (Å²) in [5.41, 5.74) is 8.12. The first kappa shape index (κ1) is 19.2. The van der Waals surface area contributed by atoms with E-state index in [0.29, 0.717) is 0 Å². The Kier molecular flexibility index (Phi) is 6.53. The van der Waals surface area contributed by atoms with Gasteiger partial charge in [-0.1, -0.05) is 29.8 Å². The first-order valence-electron chi connectivity index (χ1n) is 7.86. The minimum absolute atomic E-state index is 0.133. The molecule has 0 saturated heterocycles. The largest absolute Gasteiger partial charge is 0.462 e. The second kappa shape index (κ2) is 8.83. The first-order valence-corrected chi connectivity index (χ1v) is 8.67. The molecule has 0 atom stereocenters. The van der Waals surface area contributed by atoms with Crippen molar-refractivity contribution in [1.29, 1.82) is 5.26 Å². The van der Waals surface area contributed by atoms with Crippen molar-refractivity contribution in [2.24, 2.45) is 0 Å². The number of esters is 2. The predicted octanol–water partition coefficient (Wildman–Crippen LogP) is 3.44. The van der Waals surface area contributed by atoms with E-state index in [4.69, 9.17) is 15.2 Å². The third-order valence-electron chi connectivity index (χ3n) is 3.42. The van der Waals surface area contributed by atoms with Crippen molar-refractivity contribution in [2.45, 2.75) is 20.5 Å². The number of anilines is 1. The van der Waals surface area contributed by atoms with Gasteiger partial charge in [0.1, 0.15) is 22.6 Å². The quantitative estimate of drug-likeness (QED) is 0.617. The van der Waals surface area contributed by atoms with Gasteiger partial charge in [-0.15, -0.1) is 11.3 Å². The van der Waals surface area contributed by atoms with Crippen LogP contribution in [0.4, 0.5) is 5.00 Å². The van der Waals surface area contributed by atoms with Crippen LogP contribution in [0.1, 0.15) is 38.8 Å². The highest BCUT2D eigenvalue weighted by atomic mass is 32.1. The summed E-state index contributed by atoms with van der Waals surface area (Å²) >= 11 is 0.949. The summed E-state index contributed by atoms with van der Waals surface area (Å²) in [6.07, 6.45) is 2.93. The molecule has 1 heterocycles. The summed E-state index contributed by atoms with van der Waals surface area (Å²) in [6.45, 7) is 3.59. The number of carbonyl (C=O) groups is 2. The molecule has 134 valence electrons. The van der Waals surface area contributed by atoms with Crippen LogP contribution in [0.15, 0.2) is 30.3 Å². The van der Waals surface area contributed by atoms with Crippen LogP contribution in [-0.2, 0) is 20.9 Å². The van der Waals surface area contributed by atoms with E-state index < -0.39 is 11.9 Å². The number of benzene rings is 1. The zero-order valence-corrected chi connectivity index (χ0v) is 15.3. The molecule has 7 heteroatoms. The van der Waals surface area contributed by atoms with E-state index >= 15 is 0 Å². The van der Waals surface area contributed by atoms with E-state index in [9.17, 15) is 14.9 Å². The van der Waals surface area contributed by atoms with Crippen molar-refractivity contribution in [3.63, 3.8) is 0 Å². The second-order valence-corrected chi connectivity index (χ2v) is 6.39. The van der Waals surface area contributed by atoms with Crippen LogP contribution < -0.4 is 5.73 Å². The molecule has 2 N–H and O–H groups in total. The fraction of sp³-hybridized carbons (Fsp3) is 0.211. The van der Waals surface area contributed by atoms with Gasteiger partial charge in [0, 0.05) is 11.6 Å². The Morgan fingerprint density at radius 2 is 2.12 bits per heavy atom.